The molecule has 0 radical (unpaired) electrons. The Kier molecular flexibility index (Phi) is 5.88. The van der Waals surface area contributed by atoms with Gasteiger partial charge < -0.3 is 9.32 Å². The minimum atomic E-state index is -0.0582. The van der Waals surface area contributed by atoms with E-state index in [2.05, 4.69) is 32.8 Å². The summed E-state index contributed by atoms with van der Waals surface area (Å²) < 4.78 is 7.38. The van der Waals surface area contributed by atoms with Gasteiger partial charge in [0.2, 0.25) is 0 Å². The predicted octanol–water partition coefficient (Wildman–Crippen LogP) is 3.93. The summed E-state index contributed by atoms with van der Waals surface area (Å²) in [5, 5.41) is 4.69. The maximum atomic E-state index is 12.7. The van der Waals surface area contributed by atoms with Gasteiger partial charge in [-0.2, -0.15) is 5.10 Å². The van der Waals surface area contributed by atoms with Gasteiger partial charge >= 0.3 is 0 Å². The molecule has 0 aliphatic carbocycles. The molecule has 0 unspecified atom stereocenters. The third-order valence-electron chi connectivity index (χ3n) is 3.25. The molecule has 23 heavy (non-hydrogen) atoms. The monoisotopic (exact) mass is 337 g/mol. The first-order valence-corrected chi connectivity index (χ1v) is 8.29. The van der Waals surface area contributed by atoms with Crippen LogP contribution in [-0.4, -0.2) is 33.7 Å². The zero-order chi connectivity index (χ0) is 17.0. The fourth-order valence-corrected chi connectivity index (χ4v) is 2.60. The number of halogens is 1. The molecule has 0 atom stereocenters. The van der Waals surface area contributed by atoms with Gasteiger partial charge in [0.05, 0.1) is 17.8 Å². The van der Waals surface area contributed by atoms with Crippen LogP contribution in [0, 0.1) is 11.8 Å². The molecule has 0 aliphatic rings. The third kappa shape index (κ3) is 5.13. The summed E-state index contributed by atoms with van der Waals surface area (Å²) in [6.45, 7) is 10.3. The van der Waals surface area contributed by atoms with E-state index in [1.807, 2.05) is 11.0 Å². The molecular weight excluding hydrogens is 314 g/mol. The van der Waals surface area contributed by atoms with E-state index in [9.17, 15) is 4.79 Å². The smallest absolute Gasteiger partial charge is 0.289 e. The number of nitrogens with zero attached hydrogens (tertiary/aromatic N) is 3. The molecule has 0 saturated heterocycles. The van der Waals surface area contributed by atoms with Gasteiger partial charge in [-0.15, -0.1) is 0 Å². The van der Waals surface area contributed by atoms with E-state index in [1.54, 1.807) is 23.1 Å². The lowest BCUT2D eigenvalue weighted by atomic mass is 10.1. The minimum absolute atomic E-state index is 0.0582. The van der Waals surface area contributed by atoms with Gasteiger partial charge in [0.1, 0.15) is 5.76 Å². The van der Waals surface area contributed by atoms with Gasteiger partial charge in [-0.05, 0) is 24.0 Å². The van der Waals surface area contributed by atoms with Crippen molar-refractivity contribution in [2.45, 2.75) is 34.2 Å². The first-order chi connectivity index (χ1) is 10.8. The van der Waals surface area contributed by atoms with Crippen LogP contribution in [-0.2, 0) is 6.54 Å². The van der Waals surface area contributed by atoms with Gasteiger partial charge in [-0.3, -0.25) is 9.48 Å². The van der Waals surface area contributed by atoms with Crippen molar-refractivity contribution in [2.24, 2.45) is 11.8 Å². The highest BCUT2D eigenvalue weighted by Gasteiger charge is 2.21. The molecule has 0 N–H and O–H groups in total. The van der Waals surface area contributed by atoms with E-state index >= 15 is 0 Å². The number of amides is 1. The number of hydrogen-bond donors (Lipinski definition) is 0. The standard InChI is InChI=1S/C17H24ClN3O2/c1-12(2)8-20(9-13(3)4)17(22)16-6-5-15(23-16)11-21-10-14(18)7-19-21/h5-7,10,12-13H,8-9,11H2,1-4H3. The zero-order valence-electron chi connectivity index (χ0n) is 14.1. The Morgan fingerprint density at radius 1 is 1.26 bits per heavy atom. The van der Waals surface area contributed by atoms with Crippen LogP contribution >= 0.6 is 11.6 Å². The molecule has 6 heteroatoms. The van der Waals surface area contributed by atoms with Gasteiger partial charge in [-0.25, -0.2) is 0 Å². The molecule has 0 aliphatic heterocycles. The minimum Gasteiger partial charge on any atom is -0.454 e. The van der Waals surface area contributed by atoms with Gasteiger partial charge in [-0.1, -0.05) is 39.3 Å². The van der Waals surface area contributed by atoms with Crippen molar-refractivity contribution in [1.29, 1.82) is 0 Å². The lowest BCUT2D eigenvalue weighted by molar-refractivity contribution is 0.0680. The predicted molar refractivity (Wildman–Crippen MR) is 90.6 cm³/mol. The molecule has 0 fully saturated rings. The van der Waals surface area contributed by atoms with Crippen LogP contribution in [0.2, 0.25) is 5.02 Å². The molecule has 126 valence electrons. The first-order valence-electron chi connectivity index (χ1n) is 7.91. The Bertz CT molecular complexity index is 636. The summed E-state index contributed by atoms with van der Waals surface area (Å²) >= 11 is 5.85. The van der Waals surface area contributed by atoms with Crippen LogP contribution in [0.1, 0.15) is 44.0 Å². The Morgan fingerprint density at radius 2 is 1.91 bits per heavy atom. The molecule has 2 rings (SSSR count). The quantitative estimate of drug-likeness (QED) is 0.769. The van der Waals surface area contributed by atoms with E-state index in [-0.39, 0.29) is 5.91 Å². The topological polar surface area (TPSA) is 51.3 Å². The third-order valence-corrected chi connectivity index (χ3v) is 3.45. The van der Waals surface area contributed by atoms with Crippen molar-refractivity contribution in [3.63, 3.8) is 0 Å². The molecule has 5 nitrogen and oxygen atoms in total. The SMILES string of the molecule is CC(C)CN(CC(C)C)C(=O)c1ccc(Cn2cc(Cl)cn2)o1. The average molecular weight is 338 g/mol. The van der Waals surface area contributed by atoms with Crippen LogP contribution in [0.25, 0.3) is 0 Å². The Balaban J connectivity index is 2.08. The summed E-state index contributed by atoms with van der Waals surface area (Å²) in [6, 6.07) is 3.54. The highest BCUT2D eigenvalue weighted by Crippen LogP contribution is 2.15. The summed E-state index contributed by atoms with van der Waals surface area (Å²) in [4.78, 5) is 14.5. The van der Waals surface area contributed by atoms with Crippen molar-refractivity contribution in [1.82, 2.24) is 14.7 Å². The molecule has 0 aromatic carbocycles. The van der Waals surface area contributed by atoms with Crippen molar-refractivity contribution >= 4 is 17.5 Å². The van der Waals surface area contributed by atoms with Gasteiger partial charge in [0, 0.05) is 19.3 Å². The Hall–Kier alpha value is -1.75. The normalized spacial score (nSPS) is 11.4. The van der Waals surface area contributed by atoms with Crippen molar-refractivity contribution in [3.05, 3.63) is 41.1 Å². The second-order valence-corrected chi connectivity index (χ2v) is 7.06. The number of furan rings is 1. The first kappa shape index (κ1) is 17.6. The van der Waals surface area contributed by atoms with Crippen LogP contribution in [0.3, 0.4) is 0 Å². The zero-order valence-corrected chi connectivity index (χ0v) is 14.9. The Morgan fingerprint density at radius 3 is 2.43 bits per heavy atom. The van der Waals surface area contributed by atoms with E-state index < -0.39 is 0 Å². The number of aromatic nitrogens is 2. The second kappa shape index (κ2) is 7.68. The largest absolute Gasteiger partial charge is 0.454 e. The van der Waals surface area contributed by atoms with Gasteiger partial charge in [0.15, 0.2) is 5.76 Å². The van der Waals surface area contributed by atoms with E-state index in [0.717, 1.165) is 13.1 Å². The lowest BCUT2D eigenvalue weighted by Gasteiger charge is -2.25. The summed E-state index contributed by atoms with van der Waals surface area (Å²) in [5.74, 6) is 1.83. The molecule has 0 spiro atoms. The van der Waals surface area contributed by atoms with E-state index in [1.165, 1.54) is 0 Å². The highest BCUT2D eigenvalue weighted by atomic mass is 35.5. The molecule has 2 aromatic heterocycles. The van der Waals surface area contributed by atoms with Crippen molar-refractivity contribution in [2.75, 3.05) is 13.1 Å². The average Bonchev–Trinajstić information content (AvgIpc) is 3.06. The maximum Gasteiger partial charge on any atom is 0.289 e. The maximum absolute atomic E-state index is 12.7. The summed E-state index contributed by atoms with van der Waals surface area (Å²) in [5.41, 5.74) is 0. The number of carbonyl (C=O) groups excluding carboxylic acids is 1. The summed E-state index contributed by atoms with van der Waals surface area (Å²) in [6.07, 6.45) is 3.29. The highest BCUT2D eigenvalue weighted by molar-refractivity contribution is 6.30. The van der Waals surface area contributed by atoms with Crippen molar-refractivity contribution in [3.8, 4) is 0 Å². The molecular formula is C17H24ClN3O2. The molecule has 2 heterocycles. The van der Waals surface area contributed by atoms with Gasteiger partial charge in [0.25, 0.3) is 5.91 Å². The fourth-order valence-electron chi connectivity index (χ4n) is 2.44. The van der Waals surface area contributed by atoms with Crippen molar-refractivity contribution < 1.29 is 9.21 Å². The molecule has 1 amide bonds. The number of carbonyl (C=O) groups is 1. The Labute approximate surface area is 142 Å². The summed E-state index contributed by atoms with van der Waals surface area (Å²) in [7, 11) is 0. The fraction of sp³-hybridized carbons (Fsp3) is 0.529. The van der Waals surface area contributed by atoms with Crippen LogP contribution in [0.15, 0.2) is 28.9 Å². The second-order valence-electron chi connectivity index (χ2n) is 6.62. The molecule has 2 aromatic rings. The van der Waals surface area contributed by atoms with E-state index in [4.69, 9.17) is 16.0 Å². The molecule has 0 bridgehead atoms. The van der Waals surface area contributed by atoms with Crippen LogP contribution in [0.4, 0.5) is 0 Å². The number of hydrogen-bond acceptors (Lipinski definition) is 3. The van der Waals surface area contributed by atoms with Crippen LogP contribution < -0.4 is 0 Å². The lowest BCUT2D eigenvalue weighted by Crippen LogP contribution is -2.36. The molecule has 0 saturated carbocycles. The van der Waals surface area contributed by atoms with Crippen LogP contribution in [0.5, 0.6) is 0 Å². The van der Waals surface area contributed by atoms with E-state index in [0.29, 0.717) is 34.9 Å². The number of rotatable bonds is 7.